The molecule has 7 heteroatoms. The lowest BCUT2D eigenvalue weighted by Gasteiger charge is -2.16. The third kappa shape index (κ3) is 1.99. The van der Waals surface area contributed by atoms with Gasteiger partial charge in [-0.3, -0.25) is 4.57 Å². The van der Waals surface area contributed by atoms with Gasteiger partial charge in [0.25, 0.3) is 0 Å². The highest BCUT2D eigenvalue weighted by atomic mass is 15.3. The lowest BCUT2D eigenvalue weighted by molar-refractivity contribution is 0.840. The smallest absolute Gasteiger partial charge is 0.241 e. The Morgan fingerprint density at radius 2 is 1.89 bits per heavy atom. The van der Waals surface area contributed by atoms with Crippen LogP contribution in [0.5, 0.6) is 0 Å². The molecule has 0 saturated carbocycles. The lowest BCUT2D eigenvalue weighted by Crippen LogP contribution is -2.22. The summed E-state index contributed by atoms with van der Waals surface area (Å²) in [5, 5.41) is 2.97. The first-order valence-electron chi connectivity index (χ1n) is 6.04. The maximum Gasteiger partial charge on any atom is 0.241 e. The minimum atomic E-state index is 0.579. The zero-order valence-corrected chi connectivity index (χ0v) is 10.2. The highest BCUT2D eigenvalue weighted by Gasteiger charge is 2.17. The molecule has 0 aliphatic carbocycles. The van der Waals surface area contributed by atoms with Crippen molar-refractivity contribution in [1.82, 2.24) is 24.5 Å². The molecule has 1 aliphatic rings. The Morgan fingerprint density at radius 1 is 1.11 bits per heavy atom. The van der Waals surface area contributed by atoms with Crippen LogP contribution in [-0.4, -0.2) is 44.6 Å². The van der Waals surface area contributed by atoms with Gasteiger partial charge in [0.2, 0.25) is 17.8 Å². The predicted octanol–water partition coefficient (Wildman–Crippen LogP) is 0.699. The molecule has 3 heterocycles. The molecule has 2 aromatic heterocycles. The number of rotatable bonds is 3. The Hall–Kier alpha value is -2.18. The highest BCUT2D eigenvalue weighted by molar-refractivity contribution is 5.40. The second-order valence-electron chi connectivity index (χ2n) is 4.17. The summed E-state index contributed by atoms with van der Waals surface area (Å²) in [6.07, 6.45) is 7.60. The highest BCUT2D eigenvalue weighted by Crippen LogP contribution is 2.17. The van der Waals surface area contributed by atoms with Crippen molar-refractivity contribution in [2.45, 2.75) is 12.8 Å². The Bertz CT molecular complexity index is 516. The summed E-state index contributed by atoms with van der Waals surface area (Å²) in [7, 11) is 1.81. The molecule has 1 N–H and O–H groups in total. The van der Waals surface area contributed by atoms with Gasteiger partial charge in [0, 0.05) is 32.5 Å². The first-order chi connectivity index (χ1) is 8.86. The van der Waals surface area contributed by atoms with Gasteiger partial charge >= 0.3 is 0 Å². The molecule has 0 radical (unpaired) electrons. The average Bonchev–Trinajstić information content (AvgIpc) is 3.10. The molecular weight excluding hydrogens is 230 g/mol. The van der Waals surface area contributed by atoms with E-state index < -0.39 is 0 Å². The van der Waals surface area contributed by atoms with E-state index >= 15 is 0 Å². The standard InChI is InChI=1S/C11H15N7/c1-12-9-14-10(17-5-2-3-6-17)16-11(15-9)18-7-4-13-8-18/h4,7-8H,2-3,5-6H2,1H3,(H,12,14,15,16). The fourth-order valence-electron chi connectivity index (χ4n) is 2.02. The molecular formula is C11H15N7. The molecule has 18 heavy (non-hydrogen) atoms. The van der Waals surface area contributed by atoms with Crippen LogP contribution in [0.3, 0.4) is 0 Å². The third-order valence-electron chi connectivity index (χ3n) is 2.96. The zero-order valence-electron chi connectivity index (χ0n) is 10.2. The Kier molecular flexibility index (Phi) is 2.79. The maximum absolute atomic E-state index is 4.49. The average molecular weight is 245 g/mol. The van der Waals surface area contributed by atoms with Gasteiger partial charge in [0.1, 0.15) is 6.33 Å². The molecule has 94 valence electrons. The van der Waals surface area contributed by atoms with Crippen molar-refractivity contribution >= 4 is 11.9 Å². The molecule has 1 aliphatic heterocycles. The molecule has 3 rings (SSSR count). The fraction of sp³-hybridized carbons (Fsp3) is 0.455. The molecule has 0 spiro atoms. The van der Waals surface area contributed by atoms with Crippen LogP contribution in [-0.2, 0) is 0 Å². The normalized spacial score (nSPS) is 15.1. The first-order valence-corrected chi connectivity index (χ1v) is 6.04. The largest absolute Gasteiger partial charge is 0.357 e. The minimum Gasteiger partial charge on any atom is -0.357 e. The second-order valence-corrected chi connectivity index (χ2v) is 4.17. The molecule has 0 bridgehead atoms. The van der Waals surface area contributed by atoms with Gasteiger partial charge in [-0.1, -0.05) is 0 Å². The molecule has 1 fully saturated rings. The molecule has 2 aromatic rings. The Morgan fingerprint density at radius 3 is 2.56 bits per heavy atom. The van der Waals surface area contributed by atoms with Crippen LogP contribution in [0, 0.1) is 0 Å². The van der Waals surface area contributed by atoms with Crippen LogP contribution >= 0.6 is 0 Å². The fourth-order valence-corrected chi connectivity index (χ4v) is 2.02. The molecule has 7 nitrogen and oxygen atoms in total. The van der Waals surface area contributed by atoms with E-state index in [0.29, 0.717) is 11.9 Å². The van der Waals surface area contributed by atoms with Crippen molar-refractivity contribution in [3.63, 3.8) is 0 Å². The molecule has 1 saturated heterocycles. The summed E-state index contributed by atoms with van der Waals surface area (Å²) >= 11 is 0. The van der Waals surface area contributed by atoms with E-state index in [1.54, 1.807) is 24.1 Å². The molecule has 0 amide bonds. The van der Waals surface area contributed by atoms with Gasteiger partial charge in [-0.15, -0.1) is 0 Å². The monoisotopic (exact) mass is 245 g/mol. The number of hydrogen-bond donors (Lipinski definition) is 1. The van der Waals surface area contributed by atoms with Crippen LogP contribution in [0.25, 0.3) is 5.95 Å². The van der Waals surface area contributed by atoms with E-state index in [-0.39, 0.29) is 0 Å². The SMILES string of the molecule is CNc1nc(N2CCCC2)nc(-n2ccnc2)n1. The van der Waals surface area contributed by atoms with Gasteiger partial charge in [-0.25, -0.2) is 4.98 Å². The molecule has 0 atom stereocenters. The summed E-state index contributed by atoms with van der Waals surface area (Å²) in [5.41, 5.74) is 0. The topological polar surface area (TPSA) is 71.8 Å². The summed E-state index contributed by atoms with van der Waals surface area (Å²) < 4.78 is 1.78. The van der Waals surface area contributed by atoms with Crippen LogP contribution in [0.1, 0.15) is 12.8 Å². The summed E-state index contributed by atoms with van der Waals surface area (Å²) in [4.78, 5) is 19.4. The number of anilines is 2. The number of imidazole rings is 1. The number of aromatic nitrogens is 5. The van der Waals surface area contributed by atoms with Gasteiger partial charge < -0.3 is 10.2 Å². The second kappa shape index (κ2) is 4.59. The Labute approximate surface area is 105 Å². The Balaban J connectivity index is 2.01. The van der Waals surface area contributed by atoms with Crippen molar-refractivity contribution < 1.29 is 0 Å². The van der Waals surface area contributed by atoms with E-state index in [1.165, 1.54) is 12.8 Å². The van der Waals surface area contributed by atoms with Crippen LogP contribution in [0.15, 0.2) is 18.7 Å². The molecule has 0 aromatic carbocycles. The van der Waals surface area contributed by atoms with Crippen molar-refractivity contribution in [3.05, 3.63) is 18.7 Å². The van der Waals surface area contributed by atoms with Crippen molar-refractivity contribution in [2.24, 2.45) is 0 Å². The number of nitrogens with one attached hydrogen (secondary N) is 1. The van der Waals surface area contributed by atoms with E-state index in [0.717, 1.165) is 19.0 Å². The van der Waals surface area contributed by atoms with Gasteiger partial charge in [-0.2, -0.15) is 15.0 Å². The third-order valence-corrected chi connectivity index (χ3v) is 2.96. The molecule has 0 unspecified atom stereocenters. The van der Waals surface area contributed by atoms with Crippen LogP contribution in [0.2, 0.25) is 0 Å². The maximum atomic E-state index is 4.49. The number of hydrogen-bond acceptors (Lipinski definition) is 6. The quantitative estimate of drug-likeness (QED) is 0.858. The lowest BCUT2D eigenvalue weighted by atomic mass is 10.4. The van der Waals surface area contributed by atoms with Crippen molar-refractivity contribution in [1.29, 1.82) is 0 Å². The number of nitrogens with zero attached hydrogens (tertiary/aromatic N) is 6. The zero-order chi connectivity index (χ0) is 12.4. The van der Waals surface area contributed by atoms with Gasteiger partial charge in [0.15, 0.2) is 0 Å². The van der Waals surface area contributed by atoms with E-state index in [1.807, 2.05) is 6.20 Å². The summed E-state index contributed by atoms with van der Waals surface area (Å²) in [6.45, 7) is 2.02. The van der Waals surface area contributed by atoms with Crippen molar-refractivity contribution in [3.8, 4) is 5.95 Å². The van der Waals surface area contributed by atoms with E-state index in [2.05, 4.69) is 30.2 Å². The minimum absolute atomic E-state index is 0.579. The first kappa shape index (κ1) is 10.9. The van der Waals surface area contributed by atoms with Gasteiger partial charge in [-0.05, 0) is 12.8 Å². The summed E-state index contributed by atoms with van der Waals surface area (Å²) in [5.74, 6) is 1.90. The van der Waals surface area contributed by atoms with Crippen LogP contribution in [0.4, 0.5) is 11.9 Å². The summed E-state index contributed by atoms with van der Waals surface area (Å²) in [6, 6.07) is 0. The predicted molar refractivity (Wildman–Crippen MR) is 67.9 cm³/mol. The van der Waals surface area contributed by atoms with E-state index in [9.17, 15) is 0 Å². The van der Waals surface area contributed by atoms with Gasteiger partial charge in [0.05, 0.1) is 0 Å². The van der Waals surface area contributed by atoms with Crippen molar-refractivity contribution in [2.75, 3.05) is 30.4 Å². The van der Waals surface area contributed by atoms with Crippen LogP contribution < -0.4 is 10.2 Å². The van der Waals surface area contributed by atoms with E-state index in [4.69, 9.17) is 0 Å².